The number of hydrogen-bond acceptors (Lipinski definition) is 2. The Morgan fingerprint density at radius 3 is 2.71 bits per heavy atom. The smallest absolute Gasteiger partial charge is 0.127 e. The van der Waals surface area contributed by atoms with Crippen molar-refractivity contribution in [1.29, 1.82) is 5.41 Å². The molecule has 0 saturated heterocycles. The molecule has 0 bridgehead atoms. The zero-order valence-electron chi connectivity index (χ0n) is 11.2. The quantitative estimate of drug-likeness (QED) is 0.389. The number of nitrogens with two attached hydrogens (primary N) is 1. The fraction of sp³-hybridized carbons (Fsp3) is 0.0625. The normalized spacial score (nSPS) is 10.9. The van der Waals surface area contributed by atoms with Crippen LogP contribution in [-0.2, 0) is 5.75 Å². The lowest BCUT2D eigenvalue weighted by Gasteiger charge is -2.04. The molecule has 0 radical (unpaired) electrons. The van der Waals surface area contributed by atoms with Crippen molar-refractivity contribution in [3.63, 3.8) is 0 Å². The van der Waals surface area contributed by atoms with Crippen LogP contribution in [-0.4, -0.2) is 10.8 Å². The highest BCUT2D eigenvalue weighted by atomic mass is 32.2. The van der Waals surface area contributed by atoms with Gasteiger partial charge >= 0.3 is 0 Å². The molecule has 3 aromatic rings. The number of fused-ring (bicyclic) bond motifs is 1. The molecule has 1 heterocycles. The van der Waals surface area contributed by atoms with Gasteiger partial charge in [0.15, 0.2) is 0 Å². The number of amidine groups is 1. The minimum absolute atomic E-state index is 0.122. The maximum atomic E-state index is 13.9. The Morgan fingerprint density at radius 1 is 1.19 bits per heavy atom. The van der Waals surface area contributed by atoms with E-state index >= 15 is 0 Å². The lowest BCUT2D eigenvalue weighted by atomic mass is 10.1. The summed E-state index contributed by atoms with van der Waals surface area (Å²) in [6, 6.07) is 14.7. The number of nitrogens with one attached hydrogen (secondary N) is 2. The third-order valence-electron chi connectivity index (χ3n) is 3.25. The molecule has 0 fully saturated rings. The van der Waals surface area contributed by atoms with Gasteiger partial charge in [0.25, 0.3) is 0 Å². The molecule has 0 atom stereocenters. The Bertz CT molecular complexity index is 777. The summed E-state index contributed by atoms with van der Waals surface area (Å²) in [6.07, 6.45) is 0. The van der Waals surface area contributed by atoms with Gasteiger partial charge in [-0.2, -0.15) is 0 Å². The van der Waals surface area contributed by atoms with E-state index in [-0.39, 0.29) is 11.7 Å². The Kier molecular flexibility index (Phi) is 3.66. The summed E-state index contributed by atoms with van der Waals surface area (Å²) in [5.41, 5.74) is 7.43. The third-order valence-corrected chi connectivity index (χ3v) is 4.24. The SMILES string of the molecule is N=C(N)c1ccc(CSc2cc3ccccc3[nH]2)c(F)c1. The number of H-pyrrole nitrogens is 1. The molecule has 2 aromatic carbocycles. The zero-order valence-corrected chi connectivity index (χ0v) is 12.0. The first-order chi connectivity index (χ1) is 10.1. The summed E-state index contributed by atoms with van der Waals surface area (Å²) in [5.74, 6) is 0.0756. The van der Waals surface area contributed by atoms with Crippen molar-refractivity contribution >= 4 is 28.5 Å². The third kappa shape index (κ3) is 2.92. The van der Waals surface area contributed by atoms with Crippen LogP contribution >= 0.6 is 11.8 Å². The first kappa shape index (κ1) is 13.7. The van der Waals surface area contributed by atoms with Gasteiger partial charge in [-0.25, -0.2) is 4.39 Å². The Morgan fingerprint density at radius 2 is 2.00 bits per heavy atom. The average molecular weight is 299 g/mol. The number of aromatic nitrogens is 1. The van der Waals surface area contributed by atoms with Crippen molar-refractivity contribution in [3.8, 4) is 0 Å². The maximum absolute atomic E-state index is 13.9. The second-order valence-electron chi connectivity index (χ2n) is 4.73. The number of nitrogen functional groups attached to an aromatic ring is 1. The molecule has 0 aliphatic rings. The van der Waals surface area contributed by atoms with Crippen LogP contribution in [0.2, 0.25) is 0 Å². The van der Waals surface area contributed by atoms with Crippen LogP contribution in [0.1, 0.15) is 11.1 Å². The summed E-state index contributed by atoms with van der Waals surface area (Å²) in [7, 11) is 0. The van der Waals surface area contributed by atoms with Crippen molar-refractivity contribution in [1.82, 2.24) is 4.98 Å². The van der Waals surface area contributed by atoms with Crippen LogP contribution in [0, 0.1) is 11.2 Å². The highest BCUT2D eigenvalue weighted by Crippen LogP contribution is 2.27. The molecular weight excluding hydrogens is 285 g/mol. The van der Waals surface area contributed by atoms with Crippen molar-refractivity contribution in [2.75, 3.05) is 0 Å². The van der Waals surface area contributed by atoms with Crippen LogP contribution < -0.4 is 5.73 Å². The molecule has 0 aliphatic heterocycles. The number of para-hydroxylation sites is 1. The van der Waals surface area contributed by atoms with Crippen molar-refractivity contribution in [2.45, 2.75) is 10.8 Å². The molecule has 21 heavy (non-hydrogen) atoms. The molecule has 106 valence electrons. The van der Waals surface area contributed by atoms with E-state index in [4.69, 9.17) is 11.1 Å². The molecular formula is C16H14FN3S. The molecule has 1 aromatic heterocycles. The summed E-state index contributed by atoms with van der Waals surface area (Å²) < 4.78 is 13.9. The van der Waals surface area contributed by atoms with Gasteiger partial charge in [0, 0.05) is 22.2 Å². The predicted octanol–water partition coefficient (Wildman–Crippen LogP) is 3.88. The van der Waals surface area contributed by atoms with E-state index in [1.165, 1.54) is 6.07 Å². The van der Waals surface area contributed by atoms with Crippen LogP contribution in [0.5, 0.6) is 0 Å². The van der Waals surface area contributed by atoms with Crippen molar-refractivity contribution in [2.24, 2.45) is 5.73 Å². The van der Waals surface area contributed by atoms with Gasteiger partial charge in [-0.1, -0.05) is 30.3 Å². The second kappa shape index (κ2) is 5.61. The van der Waals surface area contributed by atoms with Gasteiger partial charge < -0.3 is 10.7 Å². The van der Waals surface area contributed by atoms with Gasteiger partial charge in [0.2, 0.25) is 0 Å². The number of rotatable bonds is 4. The number of halogens is 1. The van der Waals surface area contributed by atoms with E-state index in [0.717, 1.165) is 15.9 Å². The molecule has 0 spiro atoms. The summed E-state index contributed by atoms with van der Waals surface area (Å²) in [5, 5.41) is 9.45. The van der Waals surface area contributed by atoms with Gasteiger partial charge in [0.05, 0.1) is 5.03 Å². The molecule has 0 amide bonds. The maximum Gasteiger partial charge on any atom is 0.127 e. The summed E-state index contributed by atoms with van der Waals surface area (Å²) in [4.78, 5) is 3.30. The number of benzene rings is 2. The molecule has 0 aliphatic carbocycles. The minimum Gasteiger partial charge on any atom is -0.384 e. The van der Waals surface area contributed by atoms with Gasteiger partial charge in [-0.05, 0) is 23.8 Å². The van der Waals surface area contributed by atoms with Crippen molar-refractivity contribution < 1.29 is 4.39 Å². The van der Waals surface area contributed by atoms with Crippen LogP contribution in [0.25, 0.3) is 10.9 Å². The predicted molar refractivity (Wildman–Crippen MR) is 85.3 cm³/mol. The molecule has 0 unspecified atom stereocenters. The molecule has 5 heteroatoms. The van der Waals surface area contributed by atoms with E-state index in [1.807, 2.05) is 24.3 Å². The standard InChI is InChI=1S/C16H14FN3S/c17-13-7-11(16(18)19)5-6-12(13)9-21-15-8-10-3-1-2-4-14(10)20-15/h1-8,20H,9H2,(H3,18,19). The molecule has 4 N–H and O–H groups in total. The number of hydrogen-bond donors (Lipinski definition) is 3. The zero-order chi connectivity index (χ0) is 14.8. The van der Waals surface area contributed by atoms with E-state index in [1.54, 1.807) is 23.9 Å². The lowest BCUT2D eigenvalue weighted by Crippen LogP contribution is -2.11. The van der Waals surface area contributed by atoms with E-state index in [2.05, 4.69) is 11.1 Å². The number of thioether (sulfide) groups is 1. The first-order valence-corrected chi connectivity index (χ1v) is 7.45. The van der Waals surface area contributed by atoms with Crippen LogP contribution in [0.4, 0.5) is 4.39 Å². The largest absolute Gasteiger partial charge is 0.384 e. The van der Waals surface area contributed by atoms with E-state index in [0.29, 0.717) is 16.9 Å². The van der Waals surface area contributed by atoms with E-state index in [9.17, 15) is 4.39 Å². The Labute approximate surface area is 125 Å². The van der Waals surface area contributed by atoms with E-state index < -0.39 is 0 Å². The monoisotopic (exact) mass is 299 g/mol. The lowest BCUT2D eigenvalue weighted by molar-refractivity contribution is 0.617. The highest BCUT2D eigenvalue weighted by molar-refractivity contribution is 7.98. The first-order valence-electron chi connectivity index (χ1n) is 6.47. The molecule has 3 nitrogen and oxygen atoms in total. The topological polar surface area (TPSA) is 65.7 Å². The fourth-order valence-corrected chi connectivity index (χ4v) is 3.05. The van der Waals surface area contributed by atoms with Crippen LogP contribution in [0.3, 0.4) is 0 Å². The van der Waals surface area contributed by atoms with Crippen molar-refractivity contribution in [3.05, 3.63) is 65.5 Å². The molecule has 0 saturated carbocycles. The fourth-order valence-electron chi connectivity index (χ4n) is 2.11. The second-order valence-corrected chi connectivity index (χ2v) is 5.75. The summed E-state index contributed by atoms with van der Waals surface area (Å²) in [6.45, 7) is 0. The Balaban J connectivity index is 1.76. The van der Waals surface area contributed by atoms with Gasteiger partial charge in [-0.15, -0.1) is 11.8 Å². The van der Waals surface area contributed by atoms with Gasteiger partial charge in [0.1, 0.15) is 11.7 Å². The highest BCUT2D eigenvalue weighted by Gasteiger charge is 2.07. The van der Waals surface area contributed by atoms with Crippen LogP contribution in [0.15, 0.2) is 53.6 Å². The Hall–Kier alpha value is -2.27. The average Bonchev–Trinajstić information content (AvgIpc) is 2.88. The molecule has 3 rings (SSSR count). The minimum atomic E-state index is -0.327. The summed E-state index contributed by atoms with van der Waals surface area (Å²) >= 11 is 1.55. The van der Waals surface area contributed by atoms with Gasteiger partial charge in [-0.3, -0.25) is 5.41 Å². The number of aromatic amines is 1.